The minimum absolute atomic E-state index is 0.624. The van der Waals surface area contributed by atoms with Gasteiger partial charge in [-0.15, -0.1) is 0 Å². The van der Waals surface area contributed by atoms with Gasteiger partial charge in [0.15, 0.2) is 0 Å². The van der Waals surface area contributed by atoms with Gasteiger partial charge in [0, 0.05) is 16.3 Å². The summed E-state index contributed by atoms with van der Waals surface area (Å²) in [5.74, 6) is 0. The van der Waals surface area contributed by atoms with Crippen LogP contribution in [0.2, 0.25) is 10.0 Å². The maximum atomic E-state index is 5.90. The Morgan fingerprint density at radius 3 is 2.24 bits per heavy atom. The lowest BCUT2D eigenvalue weighted by Gasteiger charge is -1.97. The molecule has 0 atom stereocenters. The fourth-order valence-corrected chi connectivity index (χ4v) is 2.03. The molecule has 17 heavy (non-hydrogen) atoms. The lowest BCUT2D eigenvalue weighted by atomic mass is 10.2. The molecule has 2 aromatic rings. The standard InChI is InChI=1S/C14H11Cl2N/c15-13-6-12(7-14(16)8-13)10-17-9-11-4-2-1-3-5-11/h1-8,10H,9H2. The summed E-state index contributed by atoms with van der Waals surface area (Å²) in [6.07, 6.45) is 1.78. The molecule has 0 amide bonds. The van der Waals surface area contributed by atoms with Gasteiger partial charge in [0.1, 0.15) is 0 Å². The summed E-state index contributed by atoms with van der Waals surface area (Å²) in [5, 5.41) is 1.25. The highest BCUT2D eigenvalue weighted by Gasteiger charge is 1.95. The maximum absolute atomic E-state index is 5.90. The largest absolute Gasteiger partial charge is 0.288 e. The monoisotopic (exact) mass is 263 g/mol. The van der Waals surface area contributed by atoms with Crippen LogP contribution in [0.15, 0.2) is 53.5 Å². The summed E-state index contributed by atoms with van der Waals surface area (Å²) >= 11 is 11.8. The summed E-state index contributed by atoms with van der Waals surface area (Å²) < 4.78 is 0. The molecule has 2 rings (SSSR count). The van der Waals surface area contributed by atoms with Crippen LogP contribution in [0.3, 0.4) is 0 Å². The van der Waals surface area contributed by atoms with Gasteiger partial charge >= 0.3 is 0 Å². The van der Waals surface area contributed by atoms with Gasteiger partial charge in [-0.25, -0.2) is 0 Å². The smallest absolute Gasteiger partial charge is 0.0639 e. The molecule has 0 saturated carbocycles. The molecule has 0 aliphatic carbocycles. The molecule has 0 aliphatic rings. The van der Waals surface area contributed by atoms with E-state index >= 15 is 0 Å². The van der Waals surface area contributed by atoms with E-state index in [9.17, 15) is 0 Å². The van der Waals surface area contributed by atoms with E-state index in [1.54, 1.807) is 12.3 Å². The van der Waals surface area contributed by atoms with Gasteiger partial charge in [-0.05, 0) is 29.3 Å². The highest BCUT2D eigenvalue weighted by atomic mass is 35.5. The number of hydrogen-bond acceptors (Lipinski definition) is 1. The average molecular weight is 264 g/mol. The number of halogens is 2. The van der Waals surface area contributed by atoms with E-state index in [1.807, 2.05) is 42.5 Å². The van der Waals surface area contributed by atoms with Gasteiger partial charge in [-0.2, -0.15) is 0 Å². The summed E-state index contributed by atoms with van der Waals surface area (Å²) in [6, 6.07) is 15.5. The van der Waals surface area contributed by atoms with Gasteiger partial charge in [0.2, 0.25) is 0 Å². The minimum Gasteiger partial charge on any atom is -0.288 e. The molecule has 86 valence electrons. The van der Waals surface area contributed by atoms with Crippen LogP contribution in [-0.2, 0) is 6.54 Å². The molecule has 3 heteroatoms. The second-order valence-electron chi connectivity index (χ2n) is 3.66. The zero-order valence-corrected chi connectivity index (χ0v) is 10.6. The van der Waals surface area contributed by atoms with Crippen molar-refractivity contribution in [2.75, 3.05) is 0 Å². The third kappa shape index (κ3) is 3.88. The van der Waals surface area contributed by atoms with Gasteiger partial charge in [-0.3, -0.25) is 4.99 Å². The number of benzene rings is 2. The Bertz CT molecular complexity index is 501. The van der Waals surface area contributed by atoms with E-state index in [0.717, 1.165) is 5.56 Å². The maximum Gasteiger partial charge on any atom is 0.0639 e. The van der Waals surface area contributed by atoms with Crippen molar-refractivity contribution in [1.29, 1.82) is 0 Å². The molecule has 0 aromatic heterocycles. The number of aliphatic imine (C=N–C) groups is 1. The van der Waals surface area contributed by atoms with Crippen LogP contribution in [0.5, 0.6) is 0 Å². The van der Waals surface area contributed by atoms with Crippen LogP contribution in [-0.4, -0.2) is 6.21 Å². The van der Waals surface area contributed by atoms with Crippen LogP contribution in [0.4, 0.5) is 0 Å². The Morgan fingerprint density at radius 2 is 1.59 bits per heavy atom. The van der Waals surface area contributed by atoms with Crippen molar-refractivity contribution in [2.24, 2.45) is 4.99 Å². The van der Waals surface area contributed by atoms with Crippen molar-refractivity contribution in [3.8, 4) is 0 Å². The fourth-order valence-electron chi connectivity index (χ4n) is 1.49. The topological polar surface area (TPSA) is 12.4 Å². The SMILES string of the molecule is Clc1cc(Cl)cc(C=NCc2ccccc2)c1. The second-order valence-corrected chi connectivity index (χ2v) is 4.53. The first-order chi connectivity index (χ1) is 8.24. The lowest BCUT2D eigenvalue weighted by Crippen LogP contribution is -1.84. The van der Waals surface area contributed by atoms with Crippen molar-refractivity contribution < 1.29 is 0 Å². The molecule has 0 saturated heterocycles. The highest BCUT2D eigenvalue weighted by molar-refractivity contribution is 6.35. The van der Waals surface area contributed by atoms with Crippen LogP contribution in [0.25, 0.3) is 0 Å². The van der Waals surface area contributed by atoms with E-state index < -0.39 is 0 Å². The van der Waals surface area contributed by atoms with E-state index in [0.29, 0.717) is 16.6 Å². The van der Waals surface area contributed by atoms with Crippen molar-refractivity contribution in [3.05, 3.63) is 69.7 Å². The first-order valence-corrected chi connectivity index (χ1v) is 5.99. The number of hydrogen-bond donors (Lipinski definition) is 0. The predicted molar refractivity (Wildman–Crippen MR) is 74.2 cm³/mol. The van der Waals surface area contributed by atoms with Gasteiger partial charge < -0.3 is 0 Å². The quantitative estimate of drug-likeness (QED) is 0.718. The molecule has 0 unspecified atom stereocenters. The van der Waals surface area contributed by atoms with E-state index in [-0.39, 0.29) is 0 Å². The van der Waals surface area contributed by atoms with Crippen LogP contribution >= 0.6 is 23.2 Å². The molecule has 0 aliphatic heterocycles. The normalized spacial score (nSPS) is 10.9. The lowest BCUT2D eigenvalue weighted by molar-refractivity contribution is 1.08. The predicted octanol–water partition coefficient (Wildman–Crippen LogP) is 4.61. The Balaban J connectivity index is 2.06. The highest BCUT2D eigenvalue weighted by Crippen LogP contribution is 2.17. The zero-order valence-electron chi connectivity index (χ0n) is 9.11. The molecule has 1 nitrogen and oxygen atoms in total. The van der Waals surface area contributed by atoms with Gasteiger partial charge in [-0.1, -0.05) is 53.5 Å². The van der Waals surface area contributed by atoms with Crippen LogP contribution < -0.4 is 0 Å². The van der Waals surface area contributed by atoms with Crippen molar-refractivity contribution >= 4 is 29.4 Å². The summed E-state index contributed by atoms with van der Waals surface area (Å²) in [7, 11) is 0. The second kappa shape index (κ2) is 5.85. The summed E-state index contributed by atoms with van der Waals surface area (Å²) in [5.41, 5.74) is 2.09. The summed E-state index contributed by atoms with van der Waals surface area (Å²) in [6.45, 7) is 0.658. The molecule has 2 aromatic carbocycles. The molecule has 0 heterocycles. The van der Waals surface area contributed by atoms with E-state index in [4.69, 9.17) is 23.2 Å². The van der Waals surface area contributed by atoms with Crippen molar-refractivity contribution in [1.82, 2.24) is 0 Å². The van der Waals surface area contributed by atoms with Gasteiger partial charge in [0.25, 0.3) is 0 Å². The molecule has 0 bridgehead atoms. The first kappa shape index (κ1) is 12.2. The molecule has 0 spiro atoms. The third-order valence-electron chi connectivity index (χ3n) is 2.24. The van der Waals surface area contributed by atoms with E-state index in [2.05, 4.69) is 4.99 Å². The third-order valence-corrected chi connectivity index (χ3v) is 2.68. The molecule has 0 radical (unpaired) electrons. The molecule has 0 fully saturated rings. The molecular weight excluding hydrogens is 253 g/mol. The Morgan fingerprint density at radius 1 is 0.941 bits per heavy atom. The van der Waals surface area contributed by atoms with E-state index in [1.165, 1.54) is 5.56 Å². The fraction of sp³-hybridized carbons (Fsp3) is 0.0714. The minimum atomic E-state index is 0.624. The Hall–Kier alpha value is -1.31. The molecule has 0 N–H and O–H groups in total. The van der Waals surface area contributed by atoms with Crippen LogP contribution in [0, 0.1) is 0 Å². The zero-order chi connectivity index (χ0) is 12.1. The van der Waals surface area contributed by atoms with Crippen molar-refractivity contribution in [3.63, 3.8) is 0 Å². The molecular formula is C14H11Cl2N. The van der Waals surface area contributed by atoms with Crippen molar-refractivity contribution in [2.45, 2.75) is 6.54 Å². The summed E-state index contributed by atoms with van der Waals surface area (Å²) in [4.78, 5) is 4.35. The number of rotatable bonds is 3. The van der Waals surface area contributed by atoms with Gasteiger partial charge in [0.05, 0.1) is 6.54 Å². The first-order valence-electron chi connectivity index (χ1n) is 5.24. The number of nitrogens with zero attached hydrogens (tertiary/aromatic N) is 1. The van der Waals surface area contributed by atoms with Crippen LogP contribution in [0.1, 0.15) is 11.1 Å². The Labute approximate surface area is 111 Å². The Kier molecular flexibility index (Phi) is 4.18. The average Bonchev–Trinajstić information content (AvgIpc) is 2.29.